The normalized spacial score (nSPS) is 13.2. The predicted octanol–water partition coefficient (Wildman–Crippen LogP) is 1.32. The summed E-state index contributed by atoms with van der Waals surface area (Å²) in [5.41, 5.74) is 1.55. The van der Waals surface area contributed by atoms with Gasteiger partial charge in [0.2, 0.25) is 0 Å². The molecule has 0 unspecified atom stereocenters. The van der Waals surface area contributed by atoms with Crippen LogP contribution < -0.4 is 4.90 Å². The highest BCUT2D eigenvalue weighted by Crippen LogP contribution is 2.23. The smallest absolute Gasteiger partial charge is 0.340 e. The summed E-state index contributed by atoms with van der Waals surface area (Å²) in [6, 6.07) is 9.93. The Kier molecular flexibility index (Phi) is 3.84. The first kappa shape index (κ1) is 16.7. The van der Waals surface area contributed by atoms with E-state index in [1.165, 1.54) is 12.1 Å². The van der Waals surface area contributed by atoms with Crippen LogP contribution in [0.4, 0.5) is 5.82 Å². The summed E-state index contributed by atoms with van der Waals surface area (Å²) < 4.78 is 0. The molecular weight excluding hydrogens is 350 g/mol. The number of hydrogen-bond acceptors (Lipinski definition) is 7. The number of benzene rings is 1. The molecule has 2 amide bonds. The lowest BCUT2D eigenvalue weighted by Gasteiger charge is -2.11. The third kappa shape index (κ3) is 2.88. The molecule has 9 heteroatoms. The maximum absolute atomic E-state index is 12.2. The van der Waals surface area contributed by atoms with Crippen molar-refractivity contribution >= 4 is 34.8 Å². The van der Waals surface area contributed by atoms with Crippen LogP contribution >= 0.6 is 0 Å². The Labute approximate surface area is 153 Å². The van der Waals surface area contributed by atoms with Gasteiger partial charge in [-0.1, -0.05) is 17.2 Å². The number of imidazole rings is 1. The molecular formula is C18H15N5O4. The van der Waals surface area contributed by atoms with Gasteiger partial charge < -0.3 is 14.7 Å². The molecule has 0 fully saturated rings. The number of pyridine rings is 1. The summed E-state index contributed by atoms with van der Waals surface area (Å²) >= 11 is 0. The van der Waals surface area contributed by atoms with E-state index < -0.39 is 17.8 Å². The second-order valence-electron chi connectivity index (χ2n) is 6.21. The number of imide groups is 1. The summed E-state index contributed by atoms with van der Waals surface area (Å²) in [4.78, 5) is 55.1. The van der Waals surface area contributed by atoms with Crippen LogP contribution in [0.1, 0.15) is 26.5 Å². The highest BCUT2D eigenvalue weighted by molar-refractivity contribution is 6.20. The number of aromatic amines is 1. The molecule has 2 aromatic heterocycles. The molecule has 0 radical (unpaired) electrons. The quantitative estimate of drug-likeness (QED) is 0.695. The molecule has 0 saturated carbocycles. The van der Waals surface area contributed by atoms with E-state index in [9.17, 15) is 14.4 Å². The molecule has 1 aromatic carbocycles. The predicted molar refractivity (Wildman–Crippen MR) is 95.0 cm³/mol. The molecule has 0 aliphatic carbocycles. The first-order valence-corrected chi connectivity index (χ1v) is 8.15. The van der Waals surface area contributed by atoms with Gasteiger partial charge in [-0.05, 0) is 24.3 Å². The minimum absolute atomic E-state index is 0.208. The van der Waals surface area contributed by atoms with E-state index in [0.717, 1.165) is 5.82 Å². The van der Waals surface area contributed by atoms with Crippen molar-refractivity contribution in [3.8, 4) is 0 Å². The molecule has 27 heavy (non-hydrogen) atoms. The Bertz CT molecular complexity index is 1050. The topological polar surface area (TPSA) is 108 Å². The fourth-order valence-corrected chi connectivity index (χ4v) is 2.79. The Balaban J connectivity index is 1.49. The zero-order valence-corrected chi connectivity index (χ0v) is 14.6. The maximum atomic E-state index is 12.2. The summed E-state index contributed by atoms with van der Waals surface area (Å²) in [7, 11) is 3.72. The molecule has 0 spiro atoms. The van der Waals surface area contributed by atoms with Crippen LogP contribution in [0.2, 0.25) is 0 Å². The minimum atomic E-state index is -0.781. The zero-order valence-electron chi connectivity index (χ0n) is 14.6. The van der Waals surface area contributed by atoms with E-state index in [-0.39, 0.29) is 17.5 Å². The molecule has 0 saturated heterocycles. The van der Waals surface area contributed by atoms with Crippen molar-refractivity contribution in [2.24, 2.45) is 0 Å². The van der Waals surface area contributed by atoms with Crippen molar-refractivity contribution in [1.82, 2.24) is 20.0 Å². The average Bonchev–Trinajstić information content (AvgIpc) is 3.15. The summed E-state index contributed by atoms with van der Waals surface area (Å²) in [5.74, 6) is -1.04. The van der Waals surface area contributed by atoms with Gasteiger partial charge in [-0.2, -0.15) is 0 Å². The van der Waals surface area contributed by atoms with E-state index in [1.54, 1.807) is 12.1 Å². The monoisotopic (exact) mass is 365 g/mol. The number of anilines is 1. The lowest BCUT2D eigenvalue weighted by Crippen LogP contribution is -2.33. The third-order valence-corrected chi connectivity index (χ3v) is 4.10. The first-order chi connectivity index (χ1) is 12.9. The first-order valence-electron chi connectivity index (χ1n) is 8.15. The molecule has 3 aromatic rings. The molecule has 1 aliphatic heterocycles. The Morgan fingerprint density at radius 3 is 2.37 bits per heavy atom. The molecule has 0 bridgehead atoms. The second kappa shape index (κ2) is 6.20. The van der Waals surface area contributed by atoms with Crippen LogP contribution in [0.5, 0.6) is 0 Å². The van der Waals surface area contributed by atoms with Gasteiger partial charge in [0, 0.05) is 14.1 Å². The van der Waals surface area contributed by atoms with Gasteiger partial charge in [0.25, 0.3) is 11.8 Å². The van der Waals surface area contributed by atoms with Gasteiger partial charge in [0.05, 0.1) is 16.6 Å². The van der Waals surface area contributed by atoms with E-state index in [4.69, 9.17) is 4.84 Å². The lowest BCUT2D eigenvalue weighted by molar-refractivity contribution is -0.167. The van der Waals surface area contributed by atoms with Crippen LogP contribution in [0, 0.1) is 0 Å². The van der Waals surface area contributed by atoms with Crippen LogP contribution in [-0.4, -0.2) is 51.9 Å². The van der Waals surface area contributed by atoms with Crippen molar-refractivity contribution in [1.29, 1.82) is 0 Å². The number of H-pyrrole nitrogens is 1. The molecule has 136 valence electrons. The number of nitrogens with one attached hydrogen (secondary N) is 1. The summed E-state index contributed by atoms with van der Waals surface area (Å²) in [6.45, 7) is 0. The second-order valence-corrected chi connectivity index (χ2v) is 6.21. The third-order valence-electron chi connectivity index (χ3n) is 4.10. The van der Waals surface area contributed by atoms with E-state index in [0.29, 0.717) is 22.1 Å². The molecule has 1 aliphatic rings. The van der Waals surface area contributed by atoms with Gasteiger partial charge in [-0.3, -0.25) is 9.59 Å². The largest absolute Gasteiger partial charge is 0.363 e. The Morgan fingerprint density at radius 1 is 1.07 bits per heavy atom. The van der Waals surface area contributed by atoms with Gasteiger partial charge in [0.1, 0.15) is 18.1 Å². The highest BCUT2D eigenvalue weighted by Gasteiger charge is 2.38. The number of hydrogen-bond donors (Lipinski definition) is 1. The fourth-order valence-electron chi connectivity index (χ4n) is 2.79. The highest BCUT2D eigenvalue weighted by atomic mass is 16.7. The van der Waals surface area contributed by atoms with Crippen molar-refractivity contribution < 1.29 is 19.2 Å². The molecule has 3 heterocycles. The molecule has 9 nitrogen and oxygen atoms in total. The number of hydroxylamine groups is 2. The summed E-state index contributed by atoms with van der Waals surface area (Å²) in [5, 5.41) is 0.484. The van der Waals surface area contributed by atoms with Crippen molar-refractivity contribution in [3.63, 3.8) is 0 Å². The molecule has 1 N–H and O–H groups in total. The number of carbonyl (C=O) groups is 3. The lowest BCUT2D eigenvalue weighted by atomic mass is 10.1. The van der Waals surface area contributed by atoms with E-state index in [2.05, 4.69) is 15.0 Å². The Morgan fingerprint density at radius 2 is 1.74 bits per heavy atom. The van der Waals surface area contributed by atoms with Crippen LogP contribution in [0.3, 0.4) is 0 Å². The number of rotatable bonds is 4. The van der Waals surface area contributed by atoms with Gasteiger partial charge in [-0.15, -0.1) is 0 Å². The van der Waals surface area contributed by atoms with E-state index >= 15 is 0 Å². The van der Waals surface area contributed by atoms with Crippen molar-refractivity contribution in [3.05, 3.63) is 53.3 Å². The Hall–Kier alpha value is -3.75. The van der Waals surface area contributed by atoms with Gasteiger partial charge in [0.15, 0.2) is 5.65 Å². The minimum Gasteiger partial charge on any atom is -0.363 e. The van der Waals surface area contributed by atoms with Gasteiger partial charge >= 0.3 is 5.97 Å². The standard InChI is InChI=1S/C18H15N5O4/c1-22(2)14-8-7-12-16(21-14)20-13(19-12)9-15(24)27-23-17(25)10-5-3-4-6-11(10)18(23)26/h3-8H,9H2,1-2H3,(H,19,20,21). The molecule has 0 atom stereocenters. The fraction of sp³-hybridized carbons (Fsp3) is 0.167. The van der Waals surface area contributed by atoms with E-state index in [1.807, 2.05) is 31.1 Å². The zero-order chi connectivity index (χ0) is 19.1. The van der Waals surface area contributed by atoms with Crippen LogP contribution in [0.25, 0.3) is 11.2 Å². The maximum Gasteiger partial charge on any atom is 0.340 e. The SMILES string of the molecule is CN(C)c1ccc2[nH]c(CC(=O)ON3C(=O)c4ccccc4C3=O)nc2n1. The number of aromatic nitrogens is 3. The number of carbonyl (C=O) groups excluding carboxylic acids is 3. The van der Waals surface area contributed by atoms with Crippen molar-refractivity contribution in [2.75, 3.05) is 19.0 Å². The van der Waals surface area contributed by atoms with Crippen LogP contribution in [0.15, 0.2) is 36.4 Å². The van der Waals surface area contributed by atoms with Gasteiger partial charge in [-0.25, -0.2) is 14.8 Å². The van der Waals surface area contributed by atoms with Crippen molar-refractivity contribution in [2.45, 2.75) is 6.42 Å². The number of fused-ring (bicyclic) bond motifs is 2. The summed E-state index contributed by atoms with van der Waals surface area (Å²) in [6.07, 6.45) is -0.235. The number of nitrogens with zero attached hydrogens (tertiary/aromatic N) is 4. The number of amides is 2. The van der Waals surface area contributed by atoms with Crippen LogP contribution in [-0.2, 0) is 16.1 Å². The molecule has 4 rings (SSSR count). The average molecular weight is 365 g/mol.